The van der Waals surface area contributed by atoms with Crippen molar-refractivity contribution in [2.45, 2.75) is 63.7 Å². The van der Waals surface area contributed by atoms with E-state index in [1.165, 1.54) is 41.7 Å². The lowest BCUT2D eigenvalue weighted by atomic mass is 10.0. The molecule has 0 bridgehead atoms. The molecule has 0 radical (unpaired) electrons. The van der Waals surface area contributed by atoms with Crippen molar-refractivity contribution in [1.29, 1.82) is 0 Å². The molecule has 0 fully saturated rings. The fourth-order valence-electron chi connectivity index (χ4n) is 4.98. The Hall–Kier alpha value is -2.61. The molecule has 0 saturated heterocycles. The summed E-state index contributed by atoms with van der Waals surface area (Å²) >= 11 is 3.41. The summed E-state index contributed by atoms with van der Waals surface area (Å²) in [7, 11) is 1.66. The first-order valence-corrected chi connectivity index (χ1v) is 15.1. The van der Waals surface area contributed by atoms with E-state index >= 15 is 0 Å². The van der Waals surface area contributed by atoms with Crippen molar-refractivity contribution in [3.63, 3.8) is 0 Å². The van der Waals surface area contributed by atoms with Crippen LogP contribution in [0, 0.1) is 0 Å². The van der Waals surface area contributed by atoms with Gasteiger partial charge in [0, 0.05) is 30.3 Å². The second-order valence-corrected chi connectivity index (χ2v) is 11.8. The van der Waals surface area contributed by atoms with Crippen molar-refractivity contribution in [3.8, 4) is 11.4 Å². The average Bonchev–Trinajstić information content (AvgIpc) is 3.29. The molecule has 5 nitrogen and oxygen atoms in total. The van der Waals surface area contributed by atoms with Crippen molar-refractivity contribution in [2.24, 2.45) is 0 Å². The van der Waals surface area contributed by atoms with Gasteiger partial charge in [0.25, 0.3) is 5.56 Å². The molecule has 0 aliphatic carbocycles. The molecular formula is C30H35N3O2S2. The van der Waals surface area contributed by atoms with Crippen molar-refractivity contribution in [2.75, 3.05) is 19.4 Å². The first kappa shape index (κ1) is 26.0. The fraction of sp³-hybridized carbons (Fsp3) is 0.400. The molecule has 0 unspecified atom stereocenters. The summed E-state index contributed by atoms with van der Waals surface area (Å²) in [6.07, 6.45) is 7.04. The molecule has 0 N–H and O–H groups in total. The van der Waals surface area contributed by atoms with E-state index in [1.54, 1.807) is 30.2 Å². The highest BCUT2D eigenvalue weighted by molar-refractivity contribution is 7.99. The molecule has 1 aliphatic heterocycles. The third-order valence-corrected chi connectivity index (χ3v) is 9.12. The Morgan fingerprint density at radius 1 is 1.03 bits per heavy atom. The third-order valence-electron chi connectivity index (χ3n) is 6.98. The fourth-order valence-corrected chi connectivity index (χ4v) is 7.29. The number of thioether (sulfide) groups is 1. The van der Waals surface area contributed by atoms with E-state index in [2.05, 4.69) is 42.2 Å². The van der Waals surface area contributed by atoms with Crippen LogP contribution < -0.4 is 10.3 Å². The van der Waals surface area contributed by atoms with Crippen LogP contribution in [0.4, 0.5) is 0 Å². The number of nitrogens with zero attached hydrogens (tertiary/aromatic N) is 3. The molecule has 0 saturated carbocycles. The Morgan fingerprint density at radius 3 is 2.57 bits per heavy atom. The highest BCUT2D eigenvalue weighted by atomic mass is 32.2. The highest BCUT2D eigenvalue weighted by Crippen LogP contribution is 2.35. The van der Waals surface area contributed by atoms with Crippen LogP contribution in [0.5, 0.6) is 5.75 Å². The Bertz CT molecular complexity index is 1380. The van der Waals surface area contributed by atoms with Crippen LogP contribution in [0.3, 0.4) is 0 Å². The summed E-state index contributed by atoms with van der Waals surface area (Å²) < 4.78 is 7.17. The van der Waals surface area contributed by atoms with Gasteiger partial charge in [0.1, 0.15) is 10.6 Å². The zero-order valence-corrected chi connectivity index (χ0v) is 23.4. The minimum atomic E-state index is 0.0534. The molecule has 2 aromatic heterocycles. The summed E-state index contributed by atoms with van der Waals surface area (Å²) in [6, 6.07) is 18.4. The number of thiophene rings is 1. The van der Waals surface area contributed by atoms with E-state index in [0.717, 1.165) is 65.0 Å². The summed E-state index contributed by atoms with van der Waals surface area (Å²) in [6.45, 7) is 4.98. The number of fused-ring (bicyclic) bond motifs is 3. The van der Waals surface area contributed by atoms with Crippen LogP contribution in [0.1, 0.15) is 55.0 Å². The van der Waals surface area contributed by atoms with Crippen molar-refractivity contribution in [1.82, 2.24) is 14.5 Å². The van der Waals surface area contributed by atoms with Gasteiger partial charge in [0.15, 0.2) is 5.16 Å². The largest absolute Gasteiger partial charge is 0.497 e. The average molecular weight is 534 g/mol. The van der Waals surface area contributed by atoms with Gasteiger partial charge in [0.05, 0.1) is 18.2 Å². The Balaban J connectivity index is 1.47. The number of methoxy groups -OCH3 is 1. The maximum atomic E-state index is 14.1. The van der Waals surface area contributed by atoms with E-state index in [-0.39, 0.29) is 5.56 Å². The molecule has 5 rings (SSSR count). The number of hydrogen-bond acceptors (Lipinski definition) is 6. The van der Waals surface area contributed by atoms with Crippen molar-refractivity contribution < 1.29 is 4.74 Å². The van der Waals surface area contributed by atoms with Gasteiger partial charge in [-0.1, -0.05) is 74.7 Å². The second-order valence-electron chi connectivity index (χ2n) is 9.63. The summed E-state index contributed by atoms with van der Waals surface area (Å²) in [5.41, 5.74) is 3.41. The monoisotopic (exact) mass is 533 g/mol. The first-order valence-electron chi connectivity index (χ1n) is 13.3. The van der Waals surface area contributed by atoms with Crippen molar-refractivity contribution >= 4 is 33.3 Å². The van der Waals surface area contributed by atoms with Gasteiger partial charge in [-0.3, -0.25) is 14.3 Å². The number of benzene rings is 2. The quantitative estimate of drug-likeness (QED) is 0.117. The lowest BCUT2D eigenvalue weighted by Crippen LogP contribution is -2.30. The highest BCUT2D eigenvalue weighted by Gasteiger charge is 2.25. The molecule has 37 heavy (non-hydrogen) atoms. The zero-order chi connectivity index (χ0) is 25.6. The van der Waals surface area contributed by atoms with Crippen LogP contribution in [-0.2, 0) is 19.5 Å². The Labute approximate surface area is 227 Å². The molecular weight excluding hydrogens is 498 g/mol. The number of aromatic nitrogens is 2. The van der Waals surface area contributed by atoms with Gasteiger partial charge >= 0.3 is 0 Å². The number of ether oxygens (including phenoxy) is 1. The van der Waals surface area contributed by atoms with E-state index in [9.17, 15) is 4.79 Å². The van der Waals surface area contributed by atoms with E-state index in [1.807, 2.05) is 28.8 Å². The SMILES string of the molecule is CCCCCCCSc1nc2sc3c(c2c(=O)n1-c1ccc(OC)cc1)CCN(Cc1ccccc1)C3. The normalized spacial score (nSPS) is 13.7. The van der Waals surface area contributed by atoms with E-state index < -0.39 is 0 Å². The van der Waals surface area contributed by atoms with E-state index in [0.29, 0.717) is 0 Å². The van der Waals surface area contributed by atoms with Crippen LogP contribution in [0.15, 0.2) is 64.5 Å². The molecule has 2 aromatic carbocycles. The zero-order valence-electron chi connectivity index (χ0n) is 21.7. The first-order chi connectivity index (χ1) is 18.2. The van der Waals surface area contributed by atoms with Crippen molar-refractivity contribution in [3.05, 3.63) is 81.0 Å². The maximum absolute atomic E-state index is 14.1. The van der Waals surface area contributed by atoms with Gasteiger partial charge in [-0.2, -0.15) is 0 Å². The van der Waals surface area contributed by atoms with Gasteiger partial charge in [-0.25, -0.2) is 4.98 Å². The summed E-state index contributed by atoms with van der Waals surface area (Å²) in [5, 5.41) is 1.60. The summed E-state index contributed by atoms with van der Waals surface area (Å²) in [4.78, 5) is 23.8. The number of hydrogen-bond donors (Lipinski definition) is 0. The van der Waals surface area contributed by atoms with Crippen LogP contribution in [0.2, 0.25) is 0 Å². The molecule has 4 aromatic rings. The number of unbranched alkanes of at least 4 members (excludes halogenated alkanes) is 4. The minimum absolute atomic E-state index is 0.0534. The van der Waals surface area contributed by atoms with Crippen LogP contribution in [-0.4, -0.2) is 33.9 Å². The molecule has 7 heteroatoms. The standard InChI is InChI=1S/C30H35N3O2S2/c1-3-4-5-6-10-19-36-30-31-28-27(29(34)33(30)23-13-15-24(35-2)16-14-23)25-17-18-32(21-26(25)37-28)20-22-11-8-7-9-12-22/h7-9,11-16H,3-6,10,17-21H2,1-2H3. The molecule has 3 heterocycles. The lowest BCUT2D eigenvalue weighted by Gasteiger charge is -2.26. The van der Waals surface area contributed by atoms with Crippen LogP contribution in [0.25, 0.3) is 15.9 Å². The summed E-state index contributed by atoms with van der Waals surface area (Å²) in [5.74, 6) is 1.75. The second kappa shape index (κ2) is 12.3. The minimum Gasteiger partial charge on any atom is -0.497 e. The predicted octanol–water partition coefficient (Wildman–Crippen LogP) is 7.08. The molecule has 1 aliphatic rings. The Morgan fingerprint density at radius 2 is 1.81 bits per heavy atom. The van der Waals surface area contributed by atoms with Gasteiger partial charge in [-0.05, 0) is 48.2 Å². The van der Waals surface area contributed by atoms with Gasteiger partial charge in [-0.15, -0.1) is 11.3 Å². The smallest absolute Gasteiger partial charge is 0.267 e. The predicted molar refractivity (Wildman–Crippen MR) is 156 cm³/mol. The molecule has 0 amide bonds. The number of rotatable bonds is 11. The van der Waals surface area contributed by atoms with Gasteiger partial charge in [0.2, 0.25) is 0 Å². The topological polar surface area (TPSA) is 47.4 Å². The third kappa shape index (κ3) is 5.95. The molecule has 194 valence electrons. The van der Waals surface area contributed by atoms with E-state index in [4.69, 9.17) is 9.72 Å². The Kier molecular flexibility index (Phi) is 8.64. The maximum Gasteiger partial charge on any atom is 0.267 e. The molecule has 0 spiro atoms. The van der Waals surface area contributed by atoms with Gasteiger partial charge < -0.3 is 4.74 Å². The van der Waals surface area contributed by atoms with Crippen LogP contribution >= 0.6 is 23.1 Å². The lowest BCUT2D eigenvalue weighted by molar-refractivity contribution is 0.249. The molecule has 0 atom stereocenters.